The second-order valence-corrected chi connectivity index (χ2v) is 6.66. The first-order valence-corrected chi connectivity index (χ1v) is 9.50. The lowest BCUT2D eigenvalue weighted by Gasteiger charge is -2.02. The zero-order valence-electron chi connectivity index (χ0n) is 15.4. The van der Waals surface area contributed by atoms with Crippen LogP contribution in [0.2, 0.25) is 11.3 Å². The Morgan fingerprint density at radius 2 is 1.92 bits per heavy atom. The highest BCUT2D eigenvalue weighted by molar-refractivity contribution is 6.54. The van der Waals surface area contributed by atoms with Crippen molar-refractivity contribution >= 4 is 24.3 Å². The third kappa shape index (κ3) is 8.22. The van der Waals surface area contributed by atoms with Crippen molar-refractivity contribution in [2.24, 2.45) is 0 Å². The van der Waals surface area contributed by atoms with E-state index in [-0.39, 0.29) is 0 Å². The van der Waals surface area contributed by atoms with Gasteiger partial charge in [-0.25, -0.2) is 4.98 Å². The lowest BCUT2D eigenvalue weighted by Crippen LogP contribution is -2.16. The molecule has 0 saturated carbocycles. The SMILES string of the molecule is Cc1ccccc1BCCC=CCCc1cccc(Cl)c1.c1c[nH]cn1. The van der Waals surface area contributed by atoms with Gasteiger partial charge in [-0.05, 0) is 43.9 Å². The van der Waals surface area contributed by atoms with Crippen LogP contribution in [0.1, 0.15) is 24.0 Å². The van der Waals surface area contributed by atoms with Crippen molar-refractivity contribution in [2.75, 3.05) is 0 Å². The third-order valence-corrected chi connectivity index (χ3v) is 4.37. The van der Waals surface area contributed by atoms with E-state index >= 15 is 0 Å². The molecule has 3 rings (SSSR count). The summed E-state index contributed by atoms with van der Waals surface area (Å²) in [5.41, 5.74) is 4.19. The van der Waals surface area contributed by atoms with Gasteiger partial charge in [-0.2, -0.15) is 0 Å². The highest BCUT2D eigenvalue weighted by Gasteiger charge is 1.97. The smallest absolute Gasteiger partial charge is 0.158 e. The fraction of sp³-hybridized carbons (Fsp3) is 0.227. The molecule has 1 N–H and O–H groups in total. The van der Waals surface area contributed by atoms with Crippen molar-refractivity contribution in [3.05, 3.63) is 95.6 Å². The number of rotatable bonds is 7. The number of aromatic amines is 1. The Labute approximate surface area is 162 Å². The van der Waals surface area contributed by atoms with Gasteiger partial charge in [-0.15, -0.1) is 0 Å². The molecule has 0 amide bonds. The molecule has 0 unspecified atom stereocenters. The normalized spacial score (nSPS) is 10.4. The number of allylic oxidation sites excluding steroid dienone is 2. The summed E-state index contributed by atoms with van der Waals surface area (Å²) in [5, 5.41) is 0.828. The Bertz CT molecular complexity index is 752. The van der Waals surface area contributed by atoms with Crippen LogP contribution in [0.5, 0.6) is 0 Å². The average molecular weight is 365 g/mol. The number of nitrogens with zero attached hydrogens (tertiary/aromatic N) is 1. The van der Waals surface area contributed by atoms with E-state index in [2.05, 4.69) is 59.4 Å². The number of H-pyrrole nitrogens is 1. The Hall–Kier alpha value is -2.26. The molecular weight excluding hydrogens is 339 g/mol. The van der Waals surface area contributed by atoms with Gasteiger partial charge in [0.2, 0.25) is 0 Å². The minimum Gasteiger partial charge on any atom is -0.351 e. The first-order valence-electron chi connectivity index (χ1n) is 9.12. The van der Waals surface area contributed by atoms with Gasteiger partial charge in [0, 0.05) is 17.4 Å². The molecule has 0 saturated heterocycles. The molecule has 4 heteroatoms. The maximum atomic E-state index is 5.98. The quantitative estimate of drug-likeness (QED) is 0.352. The molecule has 0 atom stereocenters. The van der Waals surface area contributed by atoms with Crippen LogP contribution in [-0.4, -0.2) is 17.2 Å². The van der Waals surface area contributed by atoms with E-state index < -0.39 is 0 Å². The summed E-state index contributed by atoms with van der Waals surface area (Å²) in [4.78, 5) is 6.42. The molecule has 0 aliphatic carbocycles. The Morgan fingerprint density at radius 3 is 2.62 bits per heavy atom. The van der Waals surface area contributed by atoms with Crippen LogP contribution in [0.25, 0.3) is 0 Å². The summed E-state index contributed by atoms with van der Waals surface area (Å²) in [5.74, 6) is 0. The second kappa shape index (κ2) is 12.2. The van der Waals surface area contributed by atoms with E-state index in [1.165, 1.54) is 30.2 Å². The van der Waals surface area contributed by atoms with Crippen LogP contribution in [0.15, 0.2) is 79.4 Å². The molecule has 0 aliphatic heterocycles. The lowest BCUT2D eigenvalue weighted by molar-refractivity contribution is 0.992. The number of aromatic nitrogens is 2. The van der Waals surface area contributed by atoms with E-state index in [0.717, 1.165) is 24.3 Å². The molecule has 1 aromatic heterocycles. The maximum absolute atomic E-state index is 5.98. The fourth-order valence-corrected chi connectivity index (χ4v) is 2.91. The highest BCUT2D eigenvalue weighted by atomic mass is 35.5. The van der Waals surface area contributed by atoms with Crippen LogP contribution in [-0.2, 0) is 6.42 Å². The van der Waals surface area contributed by atoms with Gasteiger partial charge in [0.15, 0.2) is 7.28 Å². The van der Waals surface area contributed by atoms with Crippen LogP contribution in [0.4, 0.5) is 0 Å². The number of aryl methyl sites for hydroxylation is 2. The van der Waals surface area contributed by atoms with Gasteiger partial charge in [-0.1, -0.05) is 77.5 Å². The summed E-state index contributed by atoms with van der Waals surface area (Å²) >= 11 is 5.98. The summed E-state index contributed by atoms with van der Waals surface area (Å²) < 4.78 is 0. The van der Waals surface area contributed by atoms with Crippen LogP contribution < -0.4 is 5.46 Å². The molecule has 2 aromatic carbocycles. The van der Waals surface area contributed by atoms with Gasteiger partial charge in [0.25, 0.3) is 0 Å². The molecule has 3 aromatic rings. The van der Waals surface area contributed by atoms with Gasteiger partial charge in [0.05, 0.1) is 6.33 Å². The Morgan fingerprint density at radius 1 is 1.08 bits per heavy atom. The van der Waals surface area contributed by atoms with Gasteiger partial charge < -0.3 is 4.98 Å². The molecule has 0 spiro atoms. The summed E-state index contributed by atoms with van der Waals surface area (Å²) in [6.07, 6.45) is 14.2. The Kier molecular flexibility index (Phi) is 9.38. The van der Waals surface area contributed by atoms with Crippen molar-refractivity contribution in [3.8, 4) is 0 Å². The van der Waals surface area contributed by atoms with E-state index in [0.29, 0.717) is 0 Å². The zero-order chi connectivity index (χ0) is 18.5. The number of hydrogen-bond acceptors (Lipinski definition) is 1. The minimum absolute atomic E-state index is 0.828. The molecule has 0 radical (unpaired) electrons. The molecule has 0 aliphatic rings. The standard InChI is InChI=1S/C19H22BCl.C3H4N2/c1-16-9-5-6-13-19(16)20-14-7-3-2-4-10-17-11-8-12-18(21)15-17;1-2-5-3-4-1/h2-3,5-6,8-9,11-13,15,20H,4,7,10,14H2,1H3;1-3H,(H,4,5). The van der Waals surface area contributed by atoms with Gasteiger partial charge >= 0.3 is 0 Å². The van der Waals surface area contributed by atoms with Crippen molar-refractivity contribution in [2.45, 2.75) is 32.5 Å². The maximum Gasteiger partial charge on any atom is 0.158 e. The molecule has 1 heterocycles. The van der Waals surface area contributed by atoms with Crippen molar-refractivity contribution < 1.29 is 0 Å². The average Bonchev–Trinajstić information content (AvgIpc) is 3.22. The van der Waals surface area contributed by atoms with Crippen molar-refractivity contribution in [1.29, 1.82) is 0 Å². The van der Waals surface area contributed by atoms with Crippen molar-refractivity contribution in [1.82, 2.24) is 9.97 Å². The number of imidazole rings is 1. The van der Waals surface area contributed by atoms with Crippen LogP contribution in [0, 0.1) is 6.92 Å². The number of hydrogen-bond donors (Lipinski definition) is 1. The minimum atomic E-state index is 0.828. The van der Waals surface area contributed by atoms with Gasteiger partial charge in [-0.3, -0.25) is 0 Å². The van der Waals surface area contributed by atoms with Crippen LogP contribution >= 0.6 is 11.6 Å². The first-order chi connectivity index (χ1) is 12.8. The number of nitrogens with one attached hydrogen (secondary N) is 1. The predicted molar refractivity (Wildman–Crippen MR) is 115 cm³/mol. The number of halogens is 1. The highest BCUT2D eigenvalue weighted by Crippen LogP contribution is 2.12. The van der Waals surface area contributed by atoms with Crippen molar-refractivity contribution in [3.63, 3.8) is 0 Å². The monoisotopic (exact) mass is 364 g/mol. The summed E-state index contributed by atoms with van der Waals surface area (Å²) in [6, 6.07) is 16.8. The largest absolute Gasteiger partial charge is 0.351 e. The lowest BCUT2D eigenvalue weighted by atomic mass is 9.65. The van der Waals surface area contributed by atoms with E-state index in [1.807, 2.05) is 18.2 Å². The molecular formula is C22H26BClN2. The van der Waals surface area contributed by atoms with Gasteiger partial charge in [0.1, 0.15) is 0 Å². The fourth-order valence-electron chi connectivity index (χ4n) is 2.69. The molecule has 26 heavy (non-hydrogen) atoms. The van der Waals surface area contributed by atoms with E-state index in [4.69, 9.17) is 11.6 Å². The Balaban J connectivity index is 0.000000417. The molecule has 0 bridgehead atoms. The second-order valence-electron chi connectivity index (χ2n) is 6.22. The van der Waals surface area contributed by atoms with Crippen LogP contribution in [0.3, 0.4) is 0 Å². The zero-order valence-corrected chi connectivity index (χ0v) is 16.1. The first kappa shape index (κ1) is 20.1. The van der Waals surface area contributed by atoms with E-state index in [9.17, 15) is 0 Å². The molecule has 0 fully saturated rings. The summed E-state index contributed by atoms with van der Waals surface area (Å²) in [7, 11) is 1.17. The topological polar surface area (TPSA) is 28.7 Å². The van der Waals surface area contributed by atoms with E-state index in [1.54, 1.807) is 18.7 Å². The summed E-state index contributed by atoms with van der Waals surface area (Å²) in [6.45, 7) is 2.19. The number of benzene rings is 2. The predicted octanol–water partition coefficient (Wildman–Crippen LogP) is 5.12. The molecule has 2 nitrogen and oxygen atoms in total. The molecule has 134 valence electrons. The third-order valence-electron chi connectivity index (χ3n) is 4.14.